The number of rotatable bonds is 6. The highest BCUT2D eigenvalue weighted by Gasteiger charge is 2.34. The van der Waals surface area contributed by atoms with Crippen molar-refractivity contribution in [1.82, 2.24) is 5.32 Å². The van der Waals surface area contributed by atoms with Crippen molar-refractivity contribution in [3.8, 4) is 11.5 Å². The molecule has 216 valence electrons. The molecule has 3 N–H and O–H groups in total. The fraction of sp³-hybridized carbons (Fsp3) is 0.394. The van der Waals surface area contributed by atoms with Crippen LogP contribution in [0.1, 0.15) is 68.4 Å². The molecule has 1 aliphatic carbocycles. The average Bonchev–Trinajstić information content (AvgIpc) is 2.97. The fourth-order valence-corrected chi connectivity index (χ4v) is 5.93. The van der Waals surface area contributed by atoms with Gasteiger partial charge < -0.3 is 25.4 Å². The minimum atomic E-state index is -0.268. The Bertz CT molecular complexity index is 1360. The topological polar surface area (TPSA) is 88.7 Å². The molecule has 3 amide bonds. The normalized spacial score (nSPS) is 19.1. The minimum Gasteiger partial charge on any atom is -0.486 e. The summed E-state index contributed by atoms with van der Waals surface area (Å²) in [5.74, 6) is 2.03. The lowest BCUT2D eigenvalue weighted by Gasteiger charge is -2.39. The Labute approximate surface area is 247 Å². The highest BCUT2D eigenvalue weighted by Crippen LogP contribution is 2.43. The molecule has 7 nitrogen and oxygen atoms in total. The van der Waals surface area contributed by atoms with Crippen LogP contribution in [0.25, 0.3) is 0 Å². The van der Waals surface area contributed by atoms with Crippen molar-refractivity contribution in [2.24, 2.45) is 17.3 Å². The molecular weight excluding hydrogens is 538 g/mol. The summed E-state index contributed by atoms with van der Waals surface area (Å²) < 4.78 is 11.2. The highest BCUT2D eigenvalue weighted by atomic mass is 35.5. The zero-order chi connectivity index (χ0) is 29.0. The Hall–Kier alpha value is -3.71. The smallest absolute Gasteiger partial charge is 0.319 e. The summed E-state index contributed by atoms with van der Waals surface area (Å²) in [5.41, 5.74) is 3.09. The van der Waals surface area contributed by atoms with Crippen molar-refractivity contribution < 1.29 is 19.1 Å². The van der Waals surface area contributed by atoms with Gasteiger partial charge in [-0.3, -0.25) is 4.79 Å². The van der Waals surface area contributed by atoms with Crippen molar-refractivity contribution in [3.63, 3.8) is 0 Å². The average molecular weight is 576 g/mol. The number of carbonyl (C=O) groups is 2. The zero-order valence-corrected chi connectivity index (χ0v) is 24.6. The molecule has 1 aliphatic heterocycles. The SMILES string of the molecule is CC(C)(C)C1CCC(C(NC(=O)Nc2ccc(Cl)cc2)c2ccc(C(=O)Nc3ccc4c(c3)OCCO4)cc2)CC1. The molecule has 1 heterocycles. The van der Waals surface area contributed by atoms with E-state index in [-0.39, 0.29) is 23.4 Å². The summed E-state index contributed by atoms with van der Waals surface area (Å²) in [6.07, 6.45) is 4.31. The number of anilines is 2. The van der Waals surface area contributed by atoms with Crippen LogP contribution in [0.3, 0.4) is 0 Å². The van der Waals surface area contributed by atoms with Crippen molar-refractivity contribution in [3.05, 3.63) is 82.9 Å². The quantitative estimate of drug-likeness (QED) is 0.277. The summed E-state index contributed by atoms with van der Waals surface area (Å²) >= 11 is 6.00. The van der Waals surface area contributed by atoms with Crippen LogP contribution in [0.15, 0.2) is 66.7 Å². The van der Waals surface area contributed by atoms with Gasteiger partial charge in [0.15, 0.2) is 11.5 Å². The molecule has 2 aliphatic rings. The van der Waals surface area contributed by atoms with Gasteiger partial charge in [0.05, 0.1) is 6.04 Å². The second-order valence-corrected chi connectivity index (χ2v) is 12.4. The third-order valence-corrected chi connectivity index (χ3v) is 8.44. The van der Waals surface area contributed by atoms with E-state index in [2.05, 4.69) is 36.7 Å². The minimum absolute atomic E-state index is 0.182. The van der Waals surface area contributed by atoms with Crippen molar-refractivity contribution >= 4 is 34.9 Å². The second kappa shape index (κ2) is 12.4. The summed E-state index contributed by atoms with van der Waals surface area (Å²) in [6.45, 7) is 7.92. The molecule has 5 rings (SSSR count). The van der Waals surface area contributed by atoms with Crippen LogP contribution < -0.4 is 25.4 Å². The van der Waals surface area contributed by atoms with Gasteiger partial charge in [0.25, 0.3) is 5.91 Å². The van der Waals surface area contributed by atoms with E-state index in [9.17, 15) is 9.59 Å². The van der Waals surface area contributed by atoms with Crippen LogP contribution in [0.2, 0.25) is 5.02 Å². The van der Waals surface area contributed by atoms with E-state index in [1.165, 1.54) is 0 Å². The first kappa shape index (κ1) is 28.8. The van der Waals surface area contributed by atoms with E-state index in [0.29, 0.717) is 58.5 Å². The summed E-state index contributed by atoms with van der Waals surface area (Å²) in [5, 5.41) is 9.71. The first-order chi connectivity index (χ1) is 19.7. The molecule has 0 saturated heterocycles. The largest absolute Gasteiger partial charge is 0.486 e. The molecule has 0 radical (unpaired) electrons. The van der Waals surface area contributed by atoms with E-state index in [1.54, 1.807) is 42.5 Å². The molecule has 0 aromatic heterocycles. The van der Waals surface area contributed by atoms with Crippen LogP contribution in [0, 0.1) is 17.3 Å². The van der Waals surface area contributed by atoms with Crippen LogP contribution in [0.4, 0.5) is 16.2 Å². The molecule has 1 fully saturated rings. The predicted molar refractivity (Wildman–Crippen MR) is 163 cm³/mol. The number of amides is 3. The zero-order valence-electron chi connectivity index (χ0n) is 23.8. The number of hydrogen-bond donors (Lipinski definition) is 3. The van der Waals surface area contributed by atoms with Gasteiger partial charge in [0, 0.05) is 28.0 Å². The van der Waals surface area contributed by atoms with Crippen LogP contribution in [-0.4, -0.2) is 25.2 Å². The summed E-state index contributed by atoms with van der Waals surface area (Å²) in [6, 6.07) is 19.5. The highest BCUT2D eigenvalue weighted by molar-refractivity contribution is 6.30. The monoisotopic (exact) mass is 575 g/mol. The first-order valence-electron chi connectivity index (χ1n) is 14.3. The van der Waals surface area contributed by atoms with Crippen LogP contribution >= 0.6 is 11.6 Å². The van der Waals surface area contributed by atoms with E-state index < -0.39 is 0 Å². The Morgan fingerprint density at radius 3 is 2.10 bits per heavy atom. The van der Waals surface area contributed by atoms with E-state index >= 15 is 0 Å². The Morgan fingerprint density at radius 2 is 1.44 bits per heavy atom. The van der Waals surface area contributed by atoms with Gasteiger partial charge in [0.2, 0.25) is 0 Å². The van der Waals surface area contributed by atoms with E-state index in [4.69, 9.17) is 21.1 Å². The number of carbonyl (C=O) groups excluding carboxylic acids is 2. The lowest BCUT2D eigenvalue weighted by Crippen LogP contribution is -2.38. The van der Waals surface area contributed by atoms with Gasteiger partial charge in [-0.05, 0) is 97.0 Å². The molecule has 3 aromatic rings. The molecule has 41 heavy (non-hydrogen) atoms. The van der Waals surface area contributed by atoms with Crippen molar-refractivity contribution in [1.29, 1.82) is 0 Å². The van der Waals surface area contributed by atoms with E-state index in [1.807, 2.05) is 24.3 Å². The molecule has 0 bridgehead atoms. The van der Waals surface area contributed by atoms with Crippen LogP contribution in [-0.2, 0) is 0 Å². The number of benzene rings is 3. The van der Waals surface area contributed by atoms with Crippen LogP contribution in [0.5, 0.6) is 11.5 Å². The Kier molecular flexibility index (Phi) is 8.74. The molecule has 1 atom stereocenters. The molecule has 8 heteroatoms. The van der Waals surface area contributed by atoms with Gasteiger partial charge in [-0.15, -0.1) is 0 Å². The molecular formula is C33H38ClN3O4. The van der Waals surface area contributed by atoms with E-state index in [0.717, 1.165) is 31.2 Å². The molecule has 3 aromatic carbocycles. The van der Waals surface area contributed by atoms with Gasteiger partial charge >= 0.3 is 6.03 Å². The Balaban J connectivity index is 1.29. The second-order valence-electron chi connectivity index (χ2n) is 12.0. The maximum atomic E-state index is 13.1. The first-order valence-corrected chi connectivity index (χ1v) is 14.7. The standard InChI is InChI=1S/C33H38ClN3O4/c1-33(2,3)24-10-8-22(9-11-24)30(37-32(39)36-26-14-12-25(34)13-15-26)21-4-6-23(7-5-21)31(38)35-27-16-17-28-29(20-27)41-19-18-40-28/h4-7,12-17,20,22,24,30H,8-11,18-19H2,1-3H3,(H,35,38)(H2,36,37,39). The molecule has 1 saturated carbocycles. The predicted octanol–water partition coefficient (Wildman–Crippen LogP) is 8.08. The lowest BCUT2D eigenvalue weighted by molar-refractivity contribution is 0.102. The van der Waals surface area contributed by atoms with Crippen molar-refractivity contribution in [2.45, 2.75) is 52.5 Å². The lowest BCUT2D eigenvalue weighted by atomic mass is 9.68. The summed E-state index contributed by atoms with van der Waals surface area (Å²) in [7, 11) is 0. The van der Waals surface area contributed by atoms with Gasteiger partial charge in [-0.25, -0.2) is 4.79 Å². The number of ether oxygens (including phenoxy) is 2. The number of halogens is 1. The van der Waals surface area contributed by atoms with Gasteiger partial charge in [-0.1, -0.05) is 44.5 Å². The third-order valence-electron chi connectivity index (χ3n) is 8.19. The molecule has 0 spiro atoms. The maximum Gasteiger partial charge on any atom is 0.319 e. The number of urea groups is 1. The van der Waals surface area contributed by atoms with Gasteiger partial charge in [-0.2, -0.15) is 0 Å². The maximum absolute atomic E-state index is 13.1. The number of hydrogen-bond acceptors (Lipinski definition) is 4. The van der Waals surface area contributed by atoms with Crippen molar-refractivity contribution in [2.75, 3.05) is 23.8 Å². The van der Waals surface area contributed by atoms with Gasteiger partial charge in [0.1, 0.15) is 13.2 Å². The number of fused-ring (bicyclic) bond motifs is 1. The fourth-order valence-electron chi connectivity index (χ4n) is 5.80. The summed E-state index contributed by atoms with van der Waals surface area (Å²) in [4.78, 5) is 26.1. The Morgan fingerprint density at radius 1 is 0.805 bits per heavy atom. The molecule has 1 unspecified atom stereocenters. The third kappa shape index (κ3) is 7.33. The number of nitrogens with one attached hydrogen (secondary N) is 3.